The van der Waals surface area contributed by atoms with E-state index in [2.05, 4.69) is 10.3 Å². The molecule has 0 fully saturated rings. The molecule has 0 atom stereocenters. The van der Waals surface area contributed by atoms with Gasteiger partial charge in [0.15, 0.2) is 12.0 Å². The number of rotatable bonds is 3. The van der Waals surface area contributed by atoms with Crippen LogP contribution >= 0.6 is 0 Å². The van der Waals surface area contributed by atoms with Gasteiger partial charge in [-0.1, -0.05) is 6.07 Å². The molecule has 6 nitrogen and oxygen atoms in total. The molecule has 3 aromatic rings. The summed E-state index contributed by atoms with van der Waals surface area (Å²) in [6.45, 7) is 0. The van der Waals surface area contributed by atoms with Crippen molar-refractivity contribution in [2.45, 2.75) is 0 Å². The zero-order chi connectivity index (χ0) is 14.8. The average Bonchev–Trinajstić information content (AvgIpc) is 2.94. The molecule has 0 saturated heterocycles. The number of carboxylic acid groups (broad SMARTS) is 1. The van der Waals surface area contributed by atoms with Crippen LogP contribution in [0, 0.1) is 0 Å². The molecule has 3 rings (SSSR count). The Morgan fingerprint density at radius 3 is 2.76 bits per heavy atom. The Kier molecular flexibility index (Phi) is 3.12. The van der Waals surface area contributed by atoms with Crippen molar-refractivity contribution in [1.29, 1.82) is 0 Å². The van der Waals surface area contributed by atoms with E-state index in [0.717, 1.165) is 0 Å². The lowest BCUT2D eigenvalue weighted by Gasteiger charge is -2.06. The molecule has 0 aliphatic rings. The molecule has 0 spiro atoms. The van der Waals surface area contributed by atoms with Crippen molar-refractivity contribution < 1.29 is 19.1 Å². The Hall–Kier alpha value is -3.15. The second-order valence-corrected chi connectivity index (χ2v) is 4.37. The SMILES string of the molecule is O=C(O)c1cccc(NC(=O)c2ccc3ocnc3c2)c1. The number of anilines is 1. The van der Waals surface area contributed by atoms with Gasteiger partial charge < -0.3 is 14.8 Å². The number of oxazole rings is 1. The van der Waals surface area contributed by atoms with E-state index in [9.17, 15) is 9.59 Å². The van der Waals surface area contributed by atoms with Gasteiger partial charge in [0.05, 0.1) is 5.56 Å². The van der Waals surface area contributed by atoms with Crippen molar-refractivity contribution in [3.63, 3.8) is 0 Å². The van der Waals surface area contributed by atoms with E-state index in [1.54, 1.807) is 30.3 Å². The molecule has 0 unspecified atom stereocenters. The summed E-state index contributed by atoms with van der Waals surface area (Å²) < 4.78 is 5.10. The Bertz CT molecular complexity index is 838. The average molecular weight is 282 g/mol. The second kappa shape index (κ2) is 5.09. The maximum Gasteiger partial charge on any atom is 0.335 e. The smallest absolute Gasteiger partial charge is 0.335 e. The number of carbonyl (C=O) groups is 2. The number of carboxylic acids is 1. The van der Waals surface area contributed by atoms with E-state index in [-0.39, 0.29) is 11.5 Å². The van der Waals surface area contributed by atoms with Crippen molar-refractivity contribution >= 4 is 28.7 Å². The summed E-state index contributed by atoms with van der Waals surface area (Å²) in [5.74, 6) is -1.39. The van der Waals surface area contributed by atoms with Crippen LogP contribution in [0.4, 0.5) is 5.69 Å². The summed E-state index contributed by atoms with van der Waals surface area (Å²) in [6, 6.07) is 10.9. The summed E-state index contributed by atoms with van der Waals surface area (Å²) in [5, 5.41) is 11.6. The molecule has 1 amide bonds. The number of hydrogen-bond acceptors (Lipinski definition) is 4. The molecule has 21 heavy (non-hydrogen) atoms. The molecule has 0 aliphatic carbocycles. The minimum atomic E-state index is -1.05. The first-order valence-corrected chi connectivity index (χ1v) is 6.11. The minimum Gasteiger partial charge on any atom is -0.478 e. The van der Waals surface area contributed by atoms with Gasteiger partial charge in [-0.05, 0) is 36.4 Å². The van der Waals surface area contributed by atoms with Crippen molar-refractivity contribution in [3.05, 3.63) is 60.0 Å². The van der Waals surface area contributed by atoms with Gasteiger partial charge in [-0.2, -0.15) is 0 Å². The largest absolute Gasteiger partial charge is 0.478 e. The number of fused-ring (bicyclic) bond motifs is 1. The van der Waals surface area contributed by atoms with Crippen molar-refractivity contribution in [2.24, 2.45) is 0 Å². The molecular weight excluding hydrogens is 272 g/mol. The fourth-order valence-corrected chi connectivity index (χ4v) is 1.93. The maximum absolute atomic E-state index is 12.1. The van der Waals surface area contributed by atoms with Crippen LogP contribution in [0.15, 0.2) is 53.3 Å². The first kappa shape index (κ1) is 12.9. The molecule has 1 heterocycles. The van der Waals surface area contributed by atoms with E-state index >= 15 is 0 Å². The number of carbonyl (C=O) groups excluding carboxylic acids is 1. The minimum absolute atomic E-state index is 0.111. The van der Waals surface area contributed by atoms with Crippen LogP contribution < -0.4 is 5.32 Å². The third-order valence-electron chi connectivity index (χ3n) is 2.96. The van der Waals surface area contributed by atoms with Gasteiger partial charge in [0.25, 0.3) is 5.91 Å². The lowest BCUT2D eigenvalue weighted by molar-refractivity contribution is 0.0696. The molecule has 104 valence electrons. The van der Waals surface area contributed by atoms with Crippen LogP contribution in [0.1, 0.15) is 20.7 Å². The highest BCUT2D eigenvalue weighted by Gasteiger charge is 2.10. The number of nitrogens with one attached hydrogen (secondary N) is 1. The number of aromatic carboxylic acids is 1. The summed E-state index contributed by atoms with van der Waals surface area (Å²) >= 11 is 0. The Balaban J connectivity index is 1.85. The third kappa shape index (κ3) is 2.59. The van der Waals surface area contributed by atoms with E-state index in [4.69, 9.17) is 9.52 Å². The number of benzene rings is 2. The topological polar surface area (TPSA) is 92.4 Å². The van der Waals surface area contributed by atoms with E-state index in [0.29, 0.717) is 22.4 Å². The lowest BCUT2D eigenvalue weighted by Crippen LogP contribution is -2.12. The number of aromatic nitrogens is 1. The summed E-state index contributed by atoms with van der Waals surface area (Å²) in [7, 11) is 0. The molecule has 0 saturated carbocycles. The standard InChI is InChI=1S/C15H10N2O4/c18-14(9-4-5-13-12(7-9)16-8-21-13)17-11-3-1-2-10(6-11)15(19)20/h1-8H,(H,17,18)(H,19,20). The molecule has 0 radical (unpaired) electrons. The molecule has 0 aliphatic heterocycles. The number of amides is 1. The van der Waals surface area contributed by atoms with Gasteiger partial charge in [0, 0.05) is 11.3 Å². The van der Waals surface area contributed by atoms with Crippen LogP contribution in [0.2, 0.25) is 0 Å². The molecule has 6 heteroatoms. The second-order valence-electron chi connectivity index (χ2n) is 4.37. The van der Waals surface area contributed by atoms with Gasteiger partial charge in [0.1, 0.15) is 5.52 Å². The van der Waals surface area contributed by atoms with Gasteiger partial charge in [-0.15, -0.1) is 0 Å². The zero-order valence-electron chi connectivity index (χ0n) is 10.7. The number of hydrogen-bond donors (Lipinski definition) is 2. The number of nitrogens with zero attached hydrogens (tertiary/aromatic N) is 1. The molecule has 0 bridgehead atoms. The van der Waals surface area contributed by atoms with Gasteiger partial charge in [-0.3, -0.25) is 4.79 Å². The first-order valence-electron chi connectivity index (χ1n) is 6.11. The quantitative estimate of drug-likeness (QED) is 0.770. The highest BCUT2D eigenvalue weighted by molar-refractivity contribution is 6.06. The summed E-state index contributed by atoms with van der Waals surface area (Å²) in [6.07, 6.45) is 1.31. The predicted octanol–water partition coefficient (Wildman–Crippen LogP) is 2.78. The third-order valence-corrected chi connectivity index (χ3v) is 2.96. The Labute approximate surface area is 119 Å². The van der Waals surface area contributed by atoms with Crippen LogP contribution in [0.5, 0.6) is 0 Å². The van der Waals surface area contributed by atoms with Gasteiger partial charge >= 0.3 is 5.97 Å². The summed E-state index contributed by atoms with van der Waals surface area (Å²) in [5.41, 5.74) is 2.12. The lowest BCUT2D eigenvalue weighted by atomic mass is 10.1. The highest BCUT2D eigenvalue weighted by Crippen LogP contribution is 2.16. The molecule has 1 aromatic heterocycles. The summed E-state index contributed by atoms with van der Waals surface area (Å²) in [4.78, 5) is 27.0. The highest BCUT2D eigenvalue weighted by atomic mass is 16.4. The first-order chi connectivity index (χ1) is 10.1. The predicted molar refractivity (Wildman–Crippen MR) is 75.4 cm³/mol. The van der Waals surface area contributed by atoms with Crippen LogP contribution in [-0.4, -0.2) is 22.0 Å². The van der Waals surface area contributed by atoms with Crippen molar-refractivity contribution in [1.82, 2.24) is 4.98 Å². The van der Waals surface area contributed by atoms with E-state index in [1.807, 2.05) is 0 Å². The van der Waals surface area contributed by atoms with Crippen LogP contribution in [0.3, 0.4) is 0 Å². The van der Waals surface area contributed by atoms with E-state index in [1.165, 1.54) is 18.5 Å². The normalized spacial score (nSPS) is 10.5. The monoisotopic (exact) mass is 282 g/mol. The maximum atomic E-state index is 12.1. The van der Waals surface area contributed by atoms with E-state index < -0.39 is 5.97 Å². The fraction of sp³-hybridized carbons (Fsp3) is 0. The zero-order valence-corrected chi connectivity index (χ0v) is 10.7. The van der Waals surface area contributed by atoms with Crippen LogP contribution in [0.25, 0.3) is 11.1 Å². The Morgan fingerprint density at radius 1 is 1.10 bits per heavy atom. The Morgan fingerprint density at radius 2 is 1.95 bits per heavy atom. The fourth-order valence-electron chi connectivity index (χ4n) is 1.93. The van der Waals surface area contributed by atoms with Gasteiger partial charge in [-0.25, -0.2) is 9.78 Å². The van der Waals surface area contributed by atoms with Crippen molar-refractivity contribution in [2.75, 3.05) is 5.32 Å². The molecule has 2 N–H and O–H groups in total. The van der Waals surface area contributed by atoms with Crippen LogP contribution in [-0.2, 0) is 0 Å². The molecular formula is C15H10N2O4. The molecule has 2 aromatic carbocycles. The van der Waals surface area contributed by atoms with Gasteiger partial charge in [0.2, 0.25) is 0 Å². The van der Waals surface area contributed by atoms with Crippen molar-refractivity contribution in [3.8, 4) is 0 Å².